The van der Waals surface area contributed by atoms with Crippen molar-refractivity contribution < 1.29 is 9.59 Å². The van der Waals surface area contributed by atoms with Gasteiger partial charge in [0.1, 0.15) is 6.17 Å². The summed E-state index contributed by atoms with van der Waals surface area (Å²) in [5, 5.41) is 3.16. The van der Waals surface area contributed by atoms with Crippen LogP contribution in [0.15, 0.2) is 18.2 Å². The van der Waals surface area contributed by atoms with Gasteiger partial charge in [0.2, 0.25) is 0 Å². The number of amides is 2. The average Bonchev–Trinajstić information content (AvgIpc) is 3.04. The summed E-state index contributed by atoms with van der Waals surface area (Å²) in [6.07, 6.45) is 9.12. The Morgan fingerprint density at radius 1 is 1.12 bits per heavy atom. The fraction of sp³-hybridized carbons (Fsp3) is 0.619. The smallest absolute Gasteiger partial charge is 0.257 e. The minimum absolute atomic E-state index is 0.00787. The van der Waals surface area contributed by atoms with E-state index >= 15 is 0 Å². The minimum atomic E-state index is -0.00787. The molecule has 5 nitrogen and oxygen atoms in total. The van der Waals surface area contributed by atoms with Crippen molar-refractivity contribution in [2.75, 3.05) is 18.0 Å². The van der Waals surface area contributed by atoms with E-state index < -0.39 is 0 Å². The number of hydrogen-bond acceptors (Lipinski definition) is 3. The van der Waals surface area contributed by atoms with Gasteiger partial charge in [0.25, 0.3) is 11.8 Å². The van der Waals surface area contributed by atoms with E-state index in [0.29, 0.717) is 11.6 Å². The molecule has 2 heterocycles. The fourth-order valence-corrected chi connectivity index (χ4v) is 4.78. The van der Waals surface area contributed by atoms with Gasteiger partial charge in [-0.15, -0.1) is 0 Å². The van der Waals surface area contributed by atoms with Gasteiger partial charge >= 0.3 is 0 Å². The van der Waals surface area contributed by atoms with Crippen LogP contribution in [0.25, 0.3) is 0 Å². The predicted molar refractivity (Wildman–Crippen MR) is 102 cm³/mol. The Labute approximate surface area is 155 Å². The summed E-state index contributed by atoms with van der Waals surface area (Å²) in [7, 11) is 0. The maximum absolute atomic E-state index is 13.0. The number of benzene rings is 1. The molecule has 140 valence electrons. The van der Waals surface area contributed by atoms with E-state index in [2.05, 4.69) is 17.1 Å². The normalized spacial score (nSPS) is 23.4. The molecule has 3 aliphatic rings. The van der Waals surface area contributed by atoms with E-state index in [1.54, 1.807) is 0 Å². The lowest BCUT2D eigenvalue weighted by Gasteiger charge is -2.44. The van der Waals surface area contributed by atoms with Crippen LogP contribution in [0, 0.1) is 0 Å². The zero-order valence-electron chi connectivity index (χ0n) is 15.7. The van der Waals surface area contributed by atoms with Crippen molar-refractivity contribution in [1.82, 2.24) is 10.2 Å². The Kier molecular flexibility index (Phi) is 4.88. The van der Waals surface area contributed by atoms with Crippen molar-refractivity contribution in [3.8, 4) is 0 Å². The molecule has 1 aliphatic carbocycles. The number of carbonyl (C=O) groups excluding carboxylic acids is 2. The van der Waals surface area contributed by atoms with Crippen LogP contribution in [0.5, 0.6) is 0 Å². The summed E-state index contributed by atoms with van der Waals surface area (Å²) < 4.78 is 0. The van der Waals surface area contributed by atoms with Crippen LogP contribution < -0.4 is 10.2 Å². The van der Waals surface area contributed by atoms with E-state index in [0.717, 1.165) is 56.4 Å². The molecule has 1 N–H and O–H groups in total. The molecule has 1 saturated heterocycles. The van der Waals surface area contributed by atoms with Crippen LogP contribution in [-0.4, -0.2) is 42.0 Å². The molecule has 0 spiro atoms. The third-order valence-corrected chi connectivity index (χ3v) is 6.17. The highest BCUT2D eigenvalue weighted by atomic mass is 16.2. The first-order valence-electron chi connectivity index (χ1n) is 10.2. The third-order valence-electron chi connectivity index (χ3n) is 6.17. The van der Waals surface area contributed by atoms with Gasteiger partial charge in [-0.25, -0.2) is 0 Å². The summed E-state index contributed by atoms with van der Waals surface area (Å²) in [5.41, 5.74) is 2.34. The van der Waals surface area contributed by atoms with Crippen molar-refractivity contribution >= 4 is 17.5 Å². The SMILES string of the molecule is CCN1c2cc(C(=O)NC3CCCC3)ccc2C(=O)N2CCCCC[C@@H]21. The highest BCUT2D eigenvalue weighted by Crippen LogP contribution is 2.35. The standard InChI is InChI=1S/C21H29N3O2/c1-2-23-18-14-15(20(25)22-16-8-5-6-9-16)11-12-17(18)21(26)24-13-7-3-4-10-19(23)24/h11-12,14,16,19H,2-10,13H2,1H3,(H,22,25)/t19-/m1/s1. The number of anilines is 1. The van der Waals surface area contributed by atoms with E-state index in [-0.39, 0.29) is 18.0 Å². The van der Waals surface area contributed by atoms with Crippen LogP contribution in [-0.2, 0) is 0 Å². The van der Waals surface area contributed by atoms with Gasteiger partial charge in [-0.2, -0.15) is 0 Å². The summed E-state index contributed by atoms with van der Waals surface area (Å²) >= 11 is 0. The molecule has 5 heteroatoms. The molecule has 4 rings (SSSR count). The van der Waals surface area contributed by atoms with Gasteiger partial charge in [0, 0.05) is 24.7 Å². The van der Waals surface area contributed by atoms with Crippen LogP contribution in [0.1, 0.15) is 79.0 Å². The Morgan fingerprint density at radius 2 is 1.88 bits per heavy atom. The van der Waals surface area contributed by atoms with Crippen molar-refractivity contribution in [1.29, 1.82) is 0 Å². The van der Waals surface area contributed by atoms with E-state index in [1.807, 2.05) is 23.1 Å². The second-order valence-electron chi connectivity index (χ2n) is 7.80. The zero-order chi connectivity index (χ0) is 18.1. The van der Waals surface area contributed by atoms with Gasteiger partial charge in [-0.1, -0.05) is 19.3 Å². The molecule has 1 aromatic rings. The lowest BCUT2D eigenvalue weighted by Crippen LogP contribution is -2.55. The van der Waals surface area contributed by atoms with Gasteiger partial charge in [0.15, 0.2) is 0 Å². The Morgan fingerprint density at radius 3 is 2.65 bits per heavy atom. The molecule has 2 aliphatic heterocycles. The predicted octanol–water partition coefficient (Wildman–Crippen LogP) is 3.54. The van der Waals surface area contributed by atoms with Gasteiger partial charge < -0.3 is 15.1 Å². The van der Waals surface area contributed by atoms with Crippen molar-refractivity contribution in [2.24, 2.45) is 0 Å². The highest BCUT2D eigenvalue weighted by Gasteiger charge is 2.37. The van der Waals surface area contributed by atoms with Gasteiger partial charge in [0.05, 0.1) is 11.3 Å². The summed E-state index contributed by atoms with van der Waals surface area (Å²) in [6.45, 7) is 3.81. The first-order valence-corrected chi connectivity index (χ1v) is 10.2. The maximum atomic E-state index is 13.0. The third kappa shape index (κ3) is 3.08. The first-order chi connectivity index (χ1) is 12.7. The van der Waals surface area contributed by atoms with Crippen molar-refractivity contribution in [3.63, 3.8) is 0 Å². The van der Waals surface area contributed by atoms with Crippen LogP contribution in [0.2, 0.25) is 0 Å². The number of hydrogen-bond donors (Lipinski definition) is 1. The molecule has 0 radical (unpaired) electrons. The molecule has 2 fully saturated rings. The molecule has 0 unspecified atom stereocenters. The number of nitrogens with zero attached hydrogens (tertiary/aromatic N) is 2. The number of carbonyl (C=O) groups is 2. The minimum Gasteiger partial charge on any atom is -0.351 e. The monoisotopic (exact) mass is 355 g/mol. The van der Waals surface area contributed by atoms with Gasteiger partial charge in [-0.3, -0.25) is 9.59 Å². The summed E-state index contributed by atoms with van der Waals surface area (Å²) in [4.78, 5) is 30.1. The molecule has 1 atom stereocenters. The Balaban J connectivity index is 1.64. The Bertz CT molecular complexity index is 696. The van der Waals surface area contributed by atoms with Crippen molar-refractivity contribution in [2.45, 2.75) is 70.5 Å². The molecule has 1 aromatic carbocycles. The van der Waals surface area contributed by atoms with E-state index in [9.17, 15) is 9.59 Å². The molecule has 0 aromatic heterocycles. The Hall–Kier alpha value is -2.04. The molecule has 1 saturated carbocycles. The van der Waals surface area contributed by atoms with Crippen LogP contribution in [0.4, 0.5) is 5.69 Å². The first kappa shape index (κ1) is 17.4. The number of fused-ring (bicyclic) bond motifs is 2. The van der Waals surface area contributed by atoms with Gasteiger partial charge in [-0.05, 0) is 57.2 Å². The highest BCUT2D eigenvalue weighted by molar-refractivity contribution is 6.04. The number of nitrogens with one attached hydrogen (secondary N) is 1. The average molecular weight is 355 g/mol. The molecular formula is C21H29N3O2. The maximum Gasteiger partial charge on any atom is 0.257 e. The quantitative estimate of drug-likeness (QED) is 0.902. The summed E-state index contributed by atoms with van der Waals surface area (Å²) in [5.74, 6) is 0.117. The van der Waals surface area contributed by atoms with E-state index in [1.165, 1.54) is 19.3 Å². The topological polar surface area (TPSA) is 52.7 Å². The van der Waals surface area contributed by atoms with E-state index in [4.69, 9.17) is 0 Å². The fourth-order valence-electron chi connectivity index (χ4n) is 4.78. The van der Waals surface area contributed by atoms with Crippen LogP contribution in [0.3, 0.4) is 0 Å². The summed E-state index contributed by atoms with van der Waals surface area (Å²) in [6, 6.07) is 5.90. The lowest BCUT2D eigenvalue weighted by molar-refractivity contribution is 0.0656. The molecule has 26 heavy (non-hydrogen) atoms. The molecular weight excluding hydrogens is 326 g/mol. The largest absolute Gasteiger partial charge is 0.351 e. The lowest BCUT2D eigenvalue weighted by atomic mass is 10.0. The molecule has 2 amide bonds. The molecule has 0 bridgehead atoms. The number of rotatable bonds is 3. The van der Waals surface area contributed by atoms with Crippen molar-refractivity contribution in [3.05, 3.63) is 29.3 Å². The van der Waals surface area contributed by atoms with Crippen LogP contribution >= 0.6 is 0 Å². The second-order valence-corrected chi connectivity index (χ2v) is 7.80. The second kappa shape index (κ2) is 7.29. The zero-order valence-corrected chi connectivity index (χ0v) is 15.7.